The molecule has 0 aromatic heterocycles. The smallest absolute Gasteiger partial charge is 0.212 e. The van der Waals surface area contributed by atoms with Crippen molar-refractivity contribution in [1.82, 2.24) is 4.90 Å². The van der Waals surface area contributed by atoms with E-state index in [-0.39, 0.29) is 23.1 Å². The molecule has 0 unspecified atom stereocenters. The van der Waals surface area contributed by atoms with Crippen LogP contribution in [0.15, 0.2) is 59.9 Å². The molecule has 0 atom stereocenters. The number of halogens is 1. The highest BCUT2D eigenvalue weighted by atomic mass is 19.1. The van der Waals surface area contributed by atoms with Gasteiger partial charge < -0.3 is 10.2 Å². The second-order valence-corrected chi connectivity index (χ2v) is 6.61. The topological polar surface area (TPSA) is 49.4 Å². The van der Waals surface area contributed by atoms with Crippen molar-refractivity contribution in [3.8, 4) is 0 Å². The first kappa shape index (κ1) is 16.5. The minimum absolute atomic E-state index is 0.133. The number of likely N-dealkylation sites (tertiary alicyclic amines) is 1. The third-order valence-corrected chi connectivity index (χ3v) is 4.88. The molecule has 1 N–H and O–H groups in total. The number of carbonyl (C=O) groups excluding carboxylic acids is 2. The van der Waals surface area contributed by atoms with Crippen LogP contribution in [0.4, 0.5) is 10.1 Å². The van der Waals surface area contributed by atoms with Crippen molar-refractivity contribution in [1.29, 1.82) is 0 Å². The molecule has 26 heavy (non-hydrogen) atoms. The number of ketones is 2. The van der Waals surface area contributed by atoms with Gasteiger partial charge in [-0.05, 0) is 43.5 Å². The van der Waals surface area contributed by atoms with Crippen LogP contribution in [-0.4, -0.2) is 29.6 Å². The average molecular weight is 350 g/mol. The zero-order chi connectivity index (χ0) is 18.1. The molecule has 0 spiro atoms. The van der Waals surface area contributed by atoms with Crippen LogP contribution in [0, 0.1) is 5.82 Å². The Kier molecular flexibility index (Phi) is 4.29. The Bertz CT molecular complexity index is 896. The van der Waals surface area contributed by atoms with Gasteiger partial charge in [0, 0.05) is 29.9 Å². The van der Waals surface area contributed by atoms with E-state index in [2.05, 4.69) is 5.32 Å². The highest BCUT2D eigenvalue weighted by Gasteiger charge is 2.35. The number of hydrogen-bond acceptors (Lipinski definition) is 4. The number of piperidine rings is 1. The second kappa shape index (κ2) is 6.75. The number of Topliss-reactive ketones (excluding diaryl/α,β-unsaturated/α-hetero) is 2. The maximum Gasteiger partial charge on any atom is 0.212 e. The van der Waals surface area contributed by atoms with E-state index in [0.717, 1.165) is 32.4 Å². The number of benzene rings is 2. The monoisotopic (exact) mass is 350 g/mol. The van der Waals surface area contributed by atoms with E-state index < -0.39 is 0 Å². The van der Waals surface area contributed by atoms with E-state index in [9.17, 15) is 14.0 Å². The van der Waals surface area contributed by atoms with Gasteiger partial charge in [-0.25, -0.2) is 4.39 Å². The summed E-state index contributed by atoms with van der Waals surface area (Å²) < 4.78 is 13.2. The van der Waals surface area contributed by atoms with Gasteiger partial charge >= 0.3 is 0 Å². The molecule has 1 aliphatic heterocycles. The quantitative estimate of drug-likeness (QED) is 0.908. The molecule has 1 saturated heterocycles. The van der Waals surface area contributed by atoms with Crippen molar-refractivity contribution in [3.63, 3.8) is 0 Å². The number of fused-ring (bicyclic) bond motifs is 1. The van der Waals surface area contributed by atoms with Gasteiger partial charge in [0.25, 0.3) is 0 Å². The van der Waals surface area contributed by atoms with Crippen molar-refractivity contribution >= 4 is 17.3 Å². The van der Waals surface area contributed by atoms with Crippen LogP contribution in [0.1, 0.15) is 40.0 Å². The summed E-state index contributed by atoms with van der Waals surface area (Å²) in [5, 5.41) is 3.08. The van der Waals surface area contributed by atoms with Crippen molar-refractivity contribution < 1.29 is 14.0 Å². The third-order valence-electron chi connectivity index (χ3n) is 4.88. The molecule has 0 amide bonds. The second-order valence-electron chi connectivity index (χ2n) is 6.61. The van der Waals surface area contributed by atoms with Crippen LogP contribution in [0.25, 0.3) is 0 Å². The molecule has 2 aliphatic rings. The third kappa shape index (κ3) is 2.90. The van der Waals surface area contributed by atoms with E-state index in [1.165, 1.54) is 12.1 Å². The fraction of sp³-hybridized carbons (Fsp3) is 0.238. The van der Waals surface area contributed by atoms with E-state index in [1.807, 2.05) is 4.90 Å². The summed E-state index contributed by atoms with van der Waals surface area (Å²) in [5.74, 6) is -0.686. The molecule has 132 valence electrons. The normalized spacial score (nSPS) is 17.3. The number of carbonyl (C=O) groups is 2. The van der Waals surface area contributed by atoms with Gasteiger partial charge in [0.05, 0.1) is 0 Å². The Balaban J connectivity index is 1.81. The molecule has 0 saturated carbocycles. The van der Waals surface area contributed by atoms with Crippen molar-refractivity contribution in [3.05, 3.63) is 76.9 Å². The van der Waals surface area contributed by atoms with Crippen LogP contribution < -0.4 is 5.32 Å². The van der Waals surface area contributed by atoms with Gasteiger partial charge in [0.15, 0.2) is 0 Å². The average Bonchev–Trinajstić information content (AvgIpc) is 2.68. The zero-order valence-electron chi connectivity index (χ0n) is 14.3. The van der Waals surface area contributed by atoms with Gasteiger partial charge in [0.1, 0.15) is 17.2 Å². The predicted molar refractivity (Wildman–Crippen MR) is 97.6 cm³/mol. The SMILES string of the molecule is O=C1C(Nc2ccc(F)cc2)=C(N2CCCCC2)C(=O)c2ccccc21. The summed E-state index contributed by atoms with van der Waals surface area (Å²) >= 11 is 0. The molecule has 5 heteroatoms. The fourth-order valence-corrected chi connectivity index (χ4v) is 3.58. The first-order valence-corrected chi connectivity index (χ1v) is 8.85. The van der Waals surface area contributed by atoms with E-state index in [0.29, 0.717) is 22.5 Å². The highest BCUT2D eigenvalue weighted by molar-refractivity contribution is 6.27. The molecular weight excluding hydrogens is 331 g/mol. The fourth-order valence-electron chi connectivity index (χ4n) is 3.58. The zero-order valence-corrected chi connectivity index (χ0v) is 14.3. The summed E-state index contributed by atoms with van der Waals surface area (Å²) in [5.41, 5.74) is 2.14. The molecule has 1 aliphatic carbocycles. The summed E-state index contributed by atoms with van der Waals surface area (Å²) in [4.78, 5) is 28.3. The van der Waals surface area contributed by atoms with E-state index in [1.54, 1.807) is 36.4 Å². The van der Waals surface area contributed by atoms with Crippen molar-refractivity contribution in [2.75, 3.05) is 18.4 Å². The lowest BCUT2D eigenvalue weighted by Crippen LogP contribution is -2.39. The first-order valence-electron chi connectivity index (χ1n) is 8.85. The molecule has 1 fully saturated rings. The van der Waals surface area contributed by atoms with E-state index in [4.69, 9.17) is 0 Å². The summed E-state index contributed by atoms with van der Waals surface area (Å²) in [6, 6.07) is 12.7. The number of nitrogens with zero attached hydrogens (tertiary/aromatic N) is 1. The van der Waals surface area contributed by atoms with Gasteiger partial charge in [-0.2, -0.15) is 0 Å². The Morgan fingerprint density at radius 1 is 0.808 bits per heavy atom. The van der Waals surface area contributed by atoms with Crippen LogP contribution in [0.3, 0.4) is 0 Å². The maximum atomic E-state index is 13.2. The van der Waals surface area contributed by atoms with Gasteiger partial charge in [-0.15, -0.1) is 0 Å². The highest BCUT2D eigenvalue weighted by Crippen LogP contribution is 2.31. The Morgan fingerprint density at radius 3 is 2.08 bits per heavy atom. The van der Waals surface area contributed by atoms with Crippen LogP contribution in [-0.2, 0) is 0 Å². The maximum absolute atomic E-state index is 13.2. The molecular formula is C21H19FN2O2. The van der Waals surface area contributed by atoms with Crippen LogP contribution in [0.5, 0.6) is 0 Å². The van der Waals surface area contributed by atoms with Gasteiger partial charge in [-0.3, -0.25) is 9.59 Å². The lowest BCUT2D eigenvalue weighted by molar-refractivity contribution is 0.0935. The summed E-state index contributed by atoms with van der Waals surface area (Å²) in [6.07, 6.45) is 3.12. The number of anilines is 1. The molecule has 2 aromatic rings. The molecule has 1 heterocycles. The predicted octanol–water partition coefficient (Wildman–Crippen LogP) is 4.01. The molecule has 0 bridgehead atoms. The summed E-state index contributed by atoms with van der Waals surface area (Å²) in [7, 11) is 0. The largest absolute Gasteiger partial charge is 0.367 e. The lowest BCUT2D eigenvalue weighted by Gasteiger charge is -2.34. The minimum Gasteiger partial charge on any atom is -0.367 e. The molecule has 2 aromatic carbocycles. The Morgan fingerprint density at radius 2 is 1.42 bits per heavy atom. The Labute approximate surface area is 151 Å². The number of hydrogen-bond donors (Lipinski definition) is 1. The number of rotatable bonds is 3. The minimum atomic E-state index is -0.350. The van der Waals surface area contributed by atoms with Crippen LogP contribution >= 0.6 is 0 Å². The standard InChI is InChI=1S/C21H19FN2O2/c22-14-8-10-15(11-9-14)23-18-19(24-12-4-1-5-13-24)21(26)17-7-3-2-6-16(17)20(18)25/h2-3,6-11,23H,1,4-5,12-13H2. The first-order chi connectivity index (χ1) is 12.6. The van der Waals surface area contributed by atoms with Crippen molar-refractivity contribution in [2.24, 2.45) is 0 Å². The van der Waals surface area contributed by atoms with Crippen molar-refractivity contribution in [2.45, 2.75) is 19.3 Å². The lowest BCUT2D eigenvalue weighted by atomic mass is 9.89. The van der Waals surface area contributed by atoms with Gasteiger partial charge in [0.2, 0.25) is 11.6 Å². The summed E-state index contributed by atoms with van der Waals surface area (Å²) in [6.45, 7) is 1.51. The number of allylic oxidation sites excluding steroid dienone is 2. The Hall–Kier alpha value is -2.95. The molecule has 4 rings (SSSR count). The number of nitrogens with one attached hydrogen (secondary N) is 1. The van der Waals surface area contributed by atoms with E-state index >= 15 is 0 Å². The van der Waals surface area contributed by atoms with Gasteiger partial charge in [-0.1, -0.05) is 24.3 Å². The molecule has 0 radical (unpaired) electrons. The van der Waals surface area contributed by atoms with Crippen LogP contribution in [0.2, 0.25) is 0 Å². The molecule has 4 nitrogen and oxygen atoms in total.